The molecule has 1 aromatic carbocycles. The van der Waals surface area contributed by atoms with Gasteiger partial charge in [-0.05, 0) is 6.07 Å². The van der Waals surface area contributed by atoms with E-state index in [0.29, 0.717) is 0 Å². The number of hydrogen-bond acceptors (Lipinski definition) is 3. The molecule has 5 heteroatoms. The van der Waals surface area contributed by atoms with Crippen molar-refractivity contribution in [3.8, 4) is 12.3 Å². The third-order valence-corrected chi connectivity index (χ3v) is 2.75. The SMILES string of the molecule is C#CCOS(=O)(=O)Cc1ccccc1F. The molecule has 0 amide bonds. The first-order valence-electron chi connectivity index (χ1n) is 4.09. The van der Waals surface area contributed by atoms with Crippen LogP contribution in [0.1, 0.15) is 5.56 Å². The van der Waals surface area contributed by atoms with Gasteiger partial charge in [0.1, 0.15) is 18.2 Å². The van der Waals surface area contributed by atoms with Crippen molar-refractivity contribution in [3.05, 3.63) is 35.6 Å². The molecule has 0 unspecified atom stereocenters. The van der Waals surface area contributed by atoms with Crippen LogP contribution in [-0.2, 0) is 20.1 Å². The third kappa shape index (κ3) is 3.70. The molecule has 80 valence electrons. The van der Waals surface area contributed by atoms with Crippen molar-refractivity contribution in [1.82, 2.24) is 0 Å². The van der Waals surface area contributed by atoms with Gasteiger partial charge in [0, 0.05) is 5.56 Å². The van der Waals surface area contributed by atoms with E-state index in [1.165, 1.54) is 18.2 Å². The first-order chi connectivity index (χ1) is 7.05. The summed E-state index contributed by atoms with van der Waals surface area (Å²) in [4.78, 5) is 0. The average molecular weight is 228 g/mol. The molecule has 0 radical (unpaired) electrons. The molecule has 1 rings (SSSR count). The molecule has 0 heterocycles. The second-order valence-corrected chi connectivity index (χ2v) is 4.40. The van der Waals surface area contributed by atoms with Gasteiger partial charge in [-0.25, -0.2) is 4.39 Å². The van der Waals surface area contributed by atoms with Crippen molar-refractivity contribution in [3.63, 3.8) is 0 Å². The van der Waals surface area contributed by atoms with Crippen LogP contribution in [0.2, 0.25) is 0 Å². The summed E-state index contributed by atoms with van der Waals surface area (Å²) in [6, 6.07) is 5.60. The Labute approximate surface area is 88.0 Å². The van der Waals surface area contributed by atoms with E-state index in [1.54, 1.807) is 6.07 Å². The molecule has 0 bridgehead atoms. The minimum Gasteiger partial charge on any atom is -0.257 e. The Morgan fingerprint density at radius 1 is 1.40 bits per heavy atom. The maximum Gasteiger partial charge on any atom is 0.272 e. The maximum atomic E-state index is 13.1. The topological polar surface area (TPSA) is 43.4 Å². The minimum absolute atomic E-state index is 0.0644. The van der Waals surface area contributed by atoms with Crippen LogP contribution in [0.25, 0.3) is 0 Å². The lowest BCUT2D eigenvalue weighted by molar-refractivity contribution is 0.362. The molecule has 0 spiro atoms. The lowest BCUT2D eigenvalue weighted by Gasteiger charge is -2.03. The molecule has 15 heavy (non-hydrogen) atoms. The standard InChI is InChI=1S/C10H9FO3S/c1-2-7-14-15(12,13)8-9-5-3-4-6-10(9)11/h1,3-6H,7-8H2. The Kier molecular flexibility index (Phi) is 3.83. The predicted molar refractivity (Wildman–Crippen MR) is 53.8 cm³/mol. The van der Waals surface area contributed by atoms with Gasteiger partial charge < -0.3 is 0 Å². The zero-order valence-corrected chi connectivity index (χ0v) is 8.63. The largest absolute Gasteiger partial charge is 0.272 e. The highest BCUT2D eigenvalue weighted by Crippen LogP contribution is 2.11. The lowest BCUT2D eigenvalue weighted by atomic mass is 10.2. The smallest absolute Gasteiger partial charge is 0.257 e. The molecular formula is C10H9FO3S. The van der Waals surface area contributed by atoms with Crippen LogP contribution in [0, 0.1) is 18.2 Å². The Hall–Kier alpha value is -1.38. The average Bonchev–Trinajstić information content (AvgIpc) is 2.18. The molecule has 0 aromatic heterocycles. The molecule has 0 saturated carbocycles. The van der Waals surface area contributed by atoms with Crippen LogP contribution < -0.4 is 0 Å². The second kappa shape index (κ2) is 4.91. The quantitative estimate of drug-likeness (QED) is 0.576. The molecule has 0 N–H and O–H groups in total. The highest BCUT2D eigenvalue weighted by molar-refractivity contribution is 7.85. The number of rotatable bonds is 4. The molecule has 0 atom stereocenters. The zero-order chi connectivity index (χ0) is 11.3. The number of benzene rings is 1. The van der Waals surface area contributed by atoms with Crippen LogP contribution in [0.15, 0.2) is 24.3 Å². The fraction of sp³-hybridized carbons (Fsp3) is 0.200. The molecule has 0 fully saturated rings. The van der Waals surface area contributed by atoms with E-state index in [4.69, 9.17) is 6.42 Å². The third-order valence-electron chi connectivity index (χ3n) is 1.61. The summed E-state index contributed by atoms with van der Waals surface area (Å²) < 4.78 is 39.9. The first kappa shape index (κ1) is 11.7. The maximum absolute atomic E-state index is 13.1. The predicted octanol–water partition coefficient (Wildman–Crippen LogP) is 1.31. The van der Waals surface area contributed by atoms with Gasteiger partial charge in [0.2, 0.25) is 0 Å². The van der Waals surface area contributed by atoms with Gasteiger partial charge in [-0.15, -0.1) is 6.42 Å². The normalized spacial score (nSPS) is 10.9. The van der Waals surface area contributed by atoms with Crippen LogP contribution in [-0.4, -0.2) is 15.0 Å². The Balaban J connectivity index is 2.79. The van der Waals surface area contributed by atoms with Crippen LogP contribution in [0.4, 0.5) is 4.39 Å². The number of hydrogen-bond donors (Lipinski definition) is 0. The van der Waals surface area contributed by atoms with Gasteiger partial charge in [0.05, 0.1) is 0 Å². The van der Waals surface area contributed by atoms with Crippen LogP contribution in [0.5, 0.6) is 0 Å². The molecule has 0 aliphatic carbocycles. The Morgan fingerprint density at radius 2 is 2.07 bits per heavy atom. The van der Waals surface area contributed by atoms with Crippen molar-refractivity contribution in [2.45, 2.75) is 5.75 Å². The molecule has 0 saturated heterocycles. The van der Waals surface area contributed by atoms with Crippen molar-refractivity contribution in [1.29, 1.82) is 0 Å². The Bertz CT molecular complexity index is 474. The van der Waals surface area contributed by atoms with Gasteiger partial charge >= 0.3 is 0 Å². The van der Waals surface area contributed by atoms with Crippen LogP contribution >= 0.6 is 0 Å². The molecule has 1 aromatic rings. The van der Waals surface area contributed by atoms with E-state index in [9.17, 15) is 12.8 Å². The summed E-state index contributed by atoms with van der Waals surface area (Å²) in [6.07, 6.45) is 4.85. The minimum atomic E-state index is -3.80. The summed E-state index contributed by atoms with van der Waals surface area (Å²) in [7, 11) is -3.80. The van der Waals surface area contributed by atoms with E-state index in [0.717, 1.165) is 0 Å². The van der Waals surface area contributed by atoms with E-state index < -0.39 is 21.7 Å². The Morgan fingerprint density at radius 3 is 2.67 bits per heavy atom. The fourth-order valence-corrected chi connectivity index (χ4v) is 1.92. The second-order valence-electron chi connectivity index (χ2n) is 2.76. The zero-order valence-electron chi connectivity index (χ0n) is 7.81. The van der Waals surface area contributed by atoms with Gasteiger partial charge in [-0.2, -0.15) is 8.42 Å². The number of halogens is 1. The van der Waals surface area contributed by atoms with E-state index in [1.807, 2.05) is 5.92 Å². The lowest BCUT2D eigenvalue weighted by Crippen LogP contribution is -2.10. The van der Waals surface area contributed by atoms with E-state index >= 15 is 0 Å². The van der Waals surface area contributed by atoms with Crippen molar-refractivity contribution in [2.75, 3.05) is 6.61 Å². The summed E-state index contributed by atoms with van der Waals surface area (Å²) in [5, 5.41) is 0. The van der Waals surface area contributed by atoms with Crippen molar-refractivity contribution < 1.29 is 17.0 Å². The van der Waals surface area contributed by atoms with Gasteiger partial charge in [0.25, 0.3) is 10.1 Å². The fourth-order valence-electron chi connectivity index (χ4n) is 0.971. The molecule has 0 aliphatic heterocycles. The highest BCUT2D eigenvalue weighted by Gasteiger charge is 2.14. The summed E-state index contributed by atoms with van der Waals surface area (Å²) >= 11 is 0. The first-order valence-corrected chi connectivity index (χ1v) is 5.67. The van der Waals surface area contributed by atoms with Crippen LogP contribution in [0.3, 0.4) is 0 Å². The summed E-state index contributed by atoms with van der Waals surface area (Å²) in [5.74, 6) is 0.938. The van der Waals surface area contributed by atoms with E-state index in [2.05, 4.69) is 4.18 Å². The molecule has 3 nitrogen and oxygen atoms in total. The van der Waals surface area contributed by atoms with Crippen molar-refractivity contribution in [2.24, 2.45) is 0 Å². The molecular weight excluding hydrogens is 219 g/mol. The summed E-state index contributed by atoms with van der Waals surface area (Å²) in [6.45, 7) is -0.337. The van der Waals surface area contributed by atoms with Gasteiger partial charge in [0.15, 0.2) is 0 Å². The van der Waals surface area contributed by atoms with Gasteiger partial charge in [-0.3, -0.25) is 4.18 Å². The highest BCUT2D eigenvalue weighted by atomic mass is 32.2. The van der Waals surface area contributed by atoms with Gasteiger partial charge in [-0.1, -0.05) is 24.1 Å². The monoisotopic (exact) mass is 228 g/mol. The summed E-state index contributed by atoms with van der Waals surface area (Å²) in [5.41, 5.74) is 0.0644. The molecule has 0 aliphatic rings. The van der Waals surface area contributed by atoms with E-state index in [-0.39, 0.29) is 12.2 Å². The van der Waals surface area contributed by atoms with Crippen molar-refractivity contribution >= 4 is 10.1 Å². The number of terminal acetylenes is 1.